The maximum atomic E-state index is 5.57. The molecule has 1 atom stereocenters. The number of aliphatic imine (C=N–C) groups is 1. The molecule has 0 radical (unpaired) electrons. The topological polar surface area (TPSA) is 65.7 Å². The van der Waals surface area contributed by atoms with E-state index in [4.69, 9.17) is 4.42 Å². The van der Waals surface area contributed by atoms with Gasteiger partial charge in [0.05, 0.1) is 12.2 Å². The summed E-state index contributed by atoms with van der Waals surface area (Å²) in [5.74, 6) is 2.35. The van der Waals surface area contributed by atoms with Crippen molar-refractivity contribution in [2.24, 2.45) is 4.99 Å². The highest BCUT2D eigenvalue weighted by atomic mass is 16.4. The van der Waals surface area contributed by atoms with Crippen LogP contribution in [0, 0.1) is 13.8 Å². The lowest BCUT2D eigenvalue weighted by atomic mass is 10.2. The summed E-state index contributed by atoms with van der Waals surface area (Å²) in [6.45, 7) is 14.4. The van der Waals surface area contributed by atoms with Crippen molar-refractivity contribution in [3.63, 3.8) is 0 Å². The number of aryl methyl sites for hydroxylation is 2. The number of nitrogens with zero attached hydrogens (tertiary/aromatic N) is 3. The van der Waals surface area contributed by atoms with Gasteiger partial charge in [-0.2, -0.15) is 0 Å². The predicted octanol–water partition coefficient (Wildman–Crippen LogP) is 2.47. The van der Waals surface area contributed by atoms with E-state index in [2.05, 4.69) is 46.3 Å². The number of aromatic nitrogens is 1. The number of rotatable bonds is 9. The van der Waals surface area contributed by atoms with Gasteiger partial charge in [0, 0.05) is 13.1 Å². The van der Waals surface area contributed by atoms with Crippen LogP contribution in [-0.4, -0.2) is 48.6 Å². The number of oxazole rings is 1. The van der Waals surface area contributed by atoms with Crippen molar-refractivity contribution in [2.75, 3.05) is 26.7 Å². The van der Waals surface area contributed by atoms with Gasteiger partial charge in [0.15, 0.2) is 5.96 Å². The van der Waals surface area contributed by atoms with Crippen molar-refractivity contribution in [1.29, 1.82) is 0 Å². The van der Waals surface area contributed by atoms with Gasteiger partial charge in [0.25, 0.3) is 0 Å². The maximum Gasteiger partial charge on any atom is 0.214 e. The molecule has 0 amide bonds. The van der Waals surface area contributed by atoms with E-state index >= 15 is 0 Å². The van der Waals surface area contributed by atoms with Crippen LogP contribution in [-0.2, 0) is 6.54 Å². The van der Waals surface area contributed by atoms with Gasteiger partial charge in [0.1, 0.15) is 5.76 Å². The van der Waals surface area contributed by atoms with Crippen molar-refractivity contribution < 1.29 is 4.42 Å². The Morgan fingerprint density at radius 1 is 1.30 bits per heavy atom. The van der Waals surface area contributed by atoms with Gasteiger partial charge in [0.2, 0.25) is 5.89 Å². The van der Waals surface area contributed by atoms with E-state index in [1.54, 1.807) is 7.05 Å². The second-order valence-corrected chi connectivity index (χ2v) is 5.89. The van der Waals surface area contributed by atoms with Crippen LogP contribution in [0.3, 0.4) is 0 Å². The molecular formula is C17H33N5O. The highest BCUT2D eigenvalue weighted by molar-refractivity contribution is 5.79. The van der Waals surface area contributed by atoms with Gasteiger partial charge >= 0.3 is 0 Å². The van der Waals surface area contributed by atoms with Crippen LogP contribution >= 0.6 is 0 Å². The molecule has 0 aliphatic rings. The smallest absolute Gasteiger partial charge is 0.214 e. The van der Waals surface area contributed by atoms with Crippen LogP contribution < -0.4 is 10.6 Å². The summed E-state index contributed by atoms with van der Waals surface area (Å²) < 4.78 is 5.57. The Morgan fingerprint density at radius 2 is 2.00 bits per heavy atom. The zero-order chi connectivity index (χ0) is 17.2. The highest BCUT2D eigenvalue weighted by Crippen LogP contribution is 2.07. The summed E-state index contributed by atoms with van der Waals surface area (Å²) in [5, 5.41) is 6.67. The molecule has 132 valence electrons. The maximum absolute atomic E-state index is 5.57. The monoisotopic (exact) mass is 323 g/mol. The second-order valence-electron chi connectivity index (χ2n) is 5.89. The predicted molar refractivity (Wildman–Crippen MR) is 95.8 cm³/mol. The molecule has 0 fully saturated rings. The Hall–Kier alpha value is -1.56. The Kier molecular flexibility index (Phi) is 8.69. The normalized spacial score (nSPS) is 13.4. The van der Waals surface area contributed by atoms with Crippen LogP contribution in [0.2, 0.25) is 0 Å². The molecule has 0 aliphatic carbocycles. The fourth-order valence-corrected chi connectivity index (χ4v) is 2.44. The zero-order valence-electron chi connectivity index (χ0n) is 15.6. The van der Waals surface area contributed by atoms with Crippen molar-refractivity contribution >= 4 is 5.96 Å². The third kappa shape index (κ3) is 7.03. The molecule has 6 heteroatoms. The minimum absolute atomic E-state index is 0.379. The average Bonchev–Trinajstić information content (AvgIpc) is 2.86. The zero-order valence-corrected chi connectivity index (χ0v) is 15.6. The molecule has 1 rings (SSSR count). The minimum atomic E-state index is 0.379. The van der Waals surface area contributed by atoms with Crippen LogP contribution in [0.25, 0.3) is 0 Å². The number of hydrogen-bond acceptors (Lipinski definition) is 4. The number of guanidine groups is 1. The van der Waals surface area contributed by atoms with Crippen LogP contribution in [0.1, 0.15) is 51.0 Å². The largest absolute Gasteiger partial charge is 0.444 e. The van der Waals surface area contributed by atoms with Gasteiger partial charge in [-0.05, 0) is 53.2 Å². The summed E-state index contributed by atoms with van der Waals surface area (Å²) in [7, 11) is 1.78. The Balaban J connectivity index is 2.32. The van der Waals surface area contributed by atoms with E-state index in [1.165, 1.54) is 6.42 Å². The molecule has 0 spiro atoms. The third-order valence-corrected chi connectivity index (χ3v) is 4.09. The Labute approximate surface area is 140 Å². The molecule has 1 aromatic heterocycles. The van der Waals surface area contributed by atoms with E-state index in [9.17, 15) is 0 Å². The quantitative estimate of drug-likeness (QED) is 0.540. The molecule has 6 nitrogen and oxygen atoms in total. The summed E-state index contributed by atoms with van der Waals surface area (Å²) in [6.07, 6.45) is 2.30. The lowest BCUT2D eigenvalue weighted by Gasteiger charge is -2.21. The Morgan fingerprint density at radius 3 is 2.52 bits per heavy atom. The minimum Gasteiger partial charge on any atom is -0.444 e. The van der Waals surface area contributed by atoms with Gasteiger partial charge in [-0.3, -0.25) is 4.99 Å². The molecule has 0 saturated heterocycles. The van der Waals surface area contributed by atoms with E-state index in [0.29, 0.717) is 18.5 Å². The van der Waals surface area contributed by atoms with Crippen LogP contribution in [0.5, 0.6) is 0 Å². The standard InChI is InChI=1S/C17H33N5O/c1-7-22(8-2)11-9-10-13(3)20-17(18-6)19-12-16-21-14(4)15(5)23-16/h13H,7-12H2,1-6H3,(H2,18,19,20). The molecule has 1 unspecified atom stereocenters. The molecule has 1 heterocycles. The molecule has 0 aliphatic heterocycles. The first-order valence-electron chi connectivity index (χ1n) is 8.62. The van der Waals surface area contributed by atoms with E-state index in [1.807, 2.05) is 13.8 Å². The Bertz CT molecular complexity index is 460. The SMILES string of the molecule is CCN(CC)CCCC(C)NC(=NC)NCc1nc(C)c(C)o1. The molecule has 0 bridgehead atoms. The molecule has 0 aromatic carbocycles. The van der Waals surface area contributed by atoms with Crippen molar-refractivity contribution in [3.05, 3.63) is 17.3 Å². The third-order valence-electron chi connectivity index (χ3n) is 4.09. The van der Waals surface area contributed by atoms with E-state index in [0.717, 1.165) is 43.5 Å². The first-order chi connectivity index (χ1) is 11.0. The van der Waals surface area contributed by atoms with Gasteiger partial charge in [-0.25, -0.2) is 4.98 Å². The van der Waals surface area contributed by atoms with Crippen molar-refractivity contribution in [3.8, 4) is 0 Å². The lowest BCUT2D eigenvalue weighted by Crippen LogP contribution is -2.42. The summed E-state index contributed by atoms with van der Waals surface area (Å²) >= 11 is 0. The highest BCUT2D eigenvalue weighted by Gasteiger charge is 2.09. The van der Waals surface area contributed by atoms with Gasteiger partial charge in [-0.1, -0.05) is 13.8 Å². The van der Waals surface area contributed by atoms with Crippen LogP contribution in [0.4, 0.5) is 0 Å². The van der Waals surface area contributed by atoms with Gasteiger partial charge in [-0.15, -0.1) is 0 Å². The molecular weight excluding hydrogens is 290 g/mol. The average molecular weight is 323 g/mol. The summed E-state index contributed by atoms with van der Waals surface area (Å²) in [6, 6.07) is 0.379. The van der Waals surface area contributed by atoms with Gasteiger partial charge < -0.3 is 20.0 Å². The van der Waals surface area contributed by atoms with Crippen LogP contribution in [0.15, 0.2) is 9.41 Å². The fourth-order valence-electron chi connectivity index (χ4n) is 2.44. The summed E-state index contributed by atoms with van der Waals surface area (Å²) in [5.41, 5.74) is 0.939. The number of nitrogens with one attached hydrogen (secondary N) is 2. The second kappa shape index (κ2) is 10.3. The molecule has 0 saturated carbocycles. The van der Waals surface area contributed by atoms with E-state index < -0.39 is 0 Å². The first kappa shape index (κ1) is 19.5. The van der Waals surface area contributed by atoms with Crippen molar-refractivity contribution in [2.45, 2.75) is 60.0 Å². The van der Waals surface area contributed by atoms with E-state index in [-0.39, 0.29) is 0 Å². The first-order valence-corrected chi connectivity index (χ1v) is 8.62. The molecule has 23 heavy (non-hydrogen) atoms. The number of hydrogen-bond donors (Lipinski definition) is 2. The summed E-state index contributed by atoms with van der Waals surface area (Å²) in [4.78, 5) is 11.1. The lowest BCUT2D eigenvalue weighted by molar-refractivity contribution is 0.292. The fraction of sp³-hybridized carbons (Fsp3) is 0.765. The van der Waals surface area contributed by atoms with Crippen molar-refractivity contribution in [1.82, 2.24) is 20.5 Å². The molecule has 1 aromatic rings. The molecule has 2 N–H and O–H groups in total.